The monoisotopic (exact) mass is 420 g/mol. The van der Waals surface area contributed by atoms with Crippen molar-refractivity contribution in [3.63, 3.8) is 0 Å². The first-order chi connectivity index (χ1) is 13.3. The Labute approximate surface area is 163 Å². The lowest BCUT2D eigenvalue weighted by atomic mass is 9.95. The Balaban J connectivity index is 1.67. The number of furan rings is 1. The van der Waals surface area contributed by atoms with Gasteiger partial charge in [0, 0.05) is 24.0 Å². The number of aliphatic hydroxyl groups is 1. The second-order valence-electron chi connectivity index (χ2n) is 6.23. The number of thiophene rings is 1. The second-order valence-corrected chi connectivity index (χ2v) is 8.95. The third-order valence-corrected chi connectivity index (χ3v) is 6.94. The molecule has 10 heteroatoms. The number of fused-ring (bicyclic) bond motifs is 1. The molecule has 8 nitrogen and oxygen atoms in total. The molecular weight excluding hydrogens is 404 g/mol. The van der Waals surface area contributed by atoms with Crippen LogP contribution in [0.3, 0.4) is 0 Å². The summed E-state index contributed by atoms with van der Waals surface area (Å²) in [6, 6.07) is 9.20. The normalized spacial score (nSPS) is 14.4. The molecule has 146 valence electrons. The van der Waals surface area contributed by atoms with E-state index >= 15 is 0 Å². The van der Waals surface area contributed by atoms with Gasteiger partial charge in [-0.05, 0) is 35.7 Å². The summed E-state index contributed by atoms with van der Waals surface area (Å²) in [4.78, 5) is 12.1. The maximum atomic E-state index is 12.8. The average molecular weight is 420 g/mol. The van der Waals surface area contributed by atoms with Gasteiger partial charge in [0.1, 0.15) is 5.60 Å². The summed E-state index contributed by atoms with van der Waals surface area (Å²) in [6.45, 7) is -0.294. The number of nitrogens with zero attached hydrogens (tertiary/aromatic N) is 1. The molecule has 1 atom stereocenters. The average Bonchev–Trinajstić information content (AvgIpc) is 3.43. The third kappa shape index (κ3) is 3.10. The van der Waals surface area contributed by atoms with Crippen molar-refractivity contribution in [1.29, 1.82) is 0 Å². The van der Waals surface area contributed by atoms with E-state index in [1.807, 2.05) is 0 Å². The zero-order valence-electron chi connectivity index (χ0n) is 14.7. The minimum atomic E-state index is -3.97. The van der Waals surface area contributed by atoms with Crippen LogP contribution in [-0.2, 0) is 22.7 Å². The topological polar surface area (TPSA) is 115 Å². The molecule has 1 aromatic carbocycles. The maximum Gasteiger partial charge on any atom is 0.419 e. The van der Waals surface area contributed by atoms with E-state index in [0.717, 1.165) is 0 Å². The molecule has 0 spiro atoms. The van der Waals surface area contributed by atoms with Crippen molar-refractivity contribution in [2.24, 2.45) is 7.05 Å². The highest BCUT2D eigenvalue weighted by Crippen LogP contribution is 2.33. The Morgan fingerprint density at radius 2 is 2.11 bits per heavy atom. The summed E-state index contributed by atoms with van der Waals surface area (Å²) >= 11 is 1.30. The Morgan fingerprint density at radius 1 is 1.29 bits per heavy atom. The number of hydrogen-bond donors (Lipinski definition) is 2. The highest BCUT2D eigenvalue weighted by atomic mass is 32.2. The van der Waals surface area contributed by atoms with Gasteiger partial charge >= 0.3 is 5.76 Å². The van der Waals surface area contributed by atoms with Gasteiger partial charge in [-0.2, -0.15) is 0 Å². The van der Waals surface area contributed by atoms with Gasteiger partial charge < -0.3 is 13.9 Å². The number of hydrogen-bond acceptors (Lipinski definition) is 7. The van der Waals surface area contributed by atoms with Crippen LogP contribution in [0.1, 0.15) is 10.4 Å². The number of sulfonamides is 1. The molecule has 3 heterocycles. The van der Waals surface area contributed by atoms with Crippen molar-refractivity contribution in [2.45, 2.75) is 10.5 Å². The first-order valence-electron chi connectivity index (χ1n) is 8.19. The Bertz CT molecular complexity index is 1230. The highest BCUT2D eigenvalue weighted by Gasteiger charge is 2.35. The molecule has 0 bridgehead atoms. The molecule has 4 aromatic rings. The van der Waals surface area contributed by atoms with Crippen LogP contribution in [0, 0.1) is 0 Å². The van der Waals surface area contributed by atoms with Gasteiger partial charge in [0.05, 0.1) is 22.9 Å². The molecule has 28 heavy (non-hydrogen) atoms. The van der Waals surface area contributed by atoms with Crippen LogP contribution >= 0.6 is 11.3 Å². The Hall–Kier alpha value is -2.66. The van der Waals surface area contributed by atoms with Gasteiger partial charge in [0.2, 0.25) is 10.0 Å². The van der Waals surface area contributed by atoms with Crippen LogP contribution in [0.5, 0.6) is 0 Å². The van der Waals surface area contributed by atoms with Crippen LogP contribution < -0.4 is 10.5 Å². The minimum absolute atomic E-state index is 0.0443. The molecule has 1 unspecified atom stereocenters. The van der Waals surface area contributed by atoms with E-state index < -0.39 is 21.4 Å². The molecule has 0 aliphatic rings. The van der Waals surface area contributed by atoms with Gasteiger partial charge in [-0.3, -0.25) is 4.57 Å². The van der Waals surface area contributed by atoms with E-state index in [2.05, 4.69) is 4.72 Å². The fourth-order valence-corrected chi connectivity index (χ4v) is 4.83. The smallest absolute Gasteiger partial charge is 0.419 e. The van der Waals surface area contributed by atoms with Crippen molar-refractivity contribution < 1.29 is 22.4 Å². The number of aromatic nitrogens is 1. The van der Waals surface area contributed by atoms with Crippen molar-refractivity contribution in [1.82, 2.24) is 9.29 Å². The van der Waals surface area contributed by atoms with Crippen LogP contribution in [-0.4, -0.2) is 24.6 Å². The lowest BCUT2D eigenvalue weighted by Gasteiger charge is -2.26. The van der Waals surface area contributed by atoms with Crippen molar-refractivity contribution in [3.05, 3.63) is 75.3 Å². The first kappa shape index (κ1) is 18.7. The minimum Gasteiger partial charge on any atom is -0.472 e. The van der Waals surface area contributed by atoms with Crippen molar-refractivity contribution >= 4 is 32.5 Å². The number of oxazole rings is 1. The predicted molar refractivity (Wildman–Crippen MR) is 103 cm³/mol. The zero-order valence-corrected chi connectivity index (χ0v) is 16.3. The van der Waals surface area contributed by atoms with Crippen LogP contribution in [0.15, 0.2) is 72.8 Å². The van der Waals surface area contributed by atoms with Gasteiger partial charge in [0.15, 0.2) is 5.58 Å². The molecule has 0 amide bonds. The number of benzene rings is 1. The van der Waals surface area contributed by atoms with Gasteiger partial charge in [-0.15, -0.1) is 11.3 Å². The molecule has 0 aliphatic heterocycles. The number of aryl methyl sites for hydroxylation is 1. The molecule has 4 rings (SSSR count). The summed E-state index contributed by atoms with van der Waals surface area (Å²) in [6.07, 6.45) is 2.79. The Kier molecular flexibility index (Phi) is 4.50. The summed E-state index contributed by atoms with van der Waals surface area (Å²) in [5.74, 6) is -0.579. The SMILES string of the molecule is Cn1c(=O)oc2ccc(S(=O)(=O)NCC(O)(c3ccoc3)c3cccs3)cc21. The lowest BCUT2D eigenvalue weighted by molar-refractivity contribution is 0.0892. The van der Waals surface area contributed by atoms with Gasteiger partial charge in [-0.1, -0.05) is 6.07 Å². The Morgan fingerprint density at radius 3 is 2.79 bits per heavy atom. The standard InChI is InChI=1S/C18H16N2O6S2/c1-20-14-9-13(4-5-15(14)26-17(20)21)28(23,24)19-11-18(22,12-6-7-25-10-12)16-3-2-8-27-16/h2-10,19,22H,11H2,1H3. The van der Waals surface area contributed by atoms with Crippen molar-refractivity contribution in [2.75, 3.05) is 6.54 Å². The van der Waals surface area contributed by atoms with Crippen LogP contribution in [0.2, 0.25) is 0 Å². The van der Waals surface area contributed by atoms with Gasteiger partial charge in [0.25, 0.3) is 0 Å². The van der Waals surface area contributed by atoms with Gasteiger partial charge in [-0.25, -0.2) is 17.9 Å². The predicted octanol–water partition coefficient (Wildman–Crippen LogP) is 2.00. The highest BCUT2D eigenvalue weighted by molar-refractivity contribution is 7.89. The molecule has 3 aromatic heterocycles. The fourth-order valence-electron chi connectivity index (χ4n) is 2.90. The molecule has 0 fully saturated rings. The number of rotatable bonds is 6. The van der Waals surface area contributed by atoms with Crippen LogP contribution in [0.4, 0.5) is 0 Å². The van der Waals surface area contributed by atoms with Crippen molar-refractivity contribution in [3.8, 4) is 0 Å². The zero-order chi connectivity index (χ0) is 19.9. The second kappa shape index (κ2) is 6.74. The van der Waals surface area contributed by atoms with E-state index in [-0.39, 0.29) is 11.4 Å². The molecule has 2 N–H and O–H groups in total. The third-order valence-electron chi connectivity index (χ3n) is 4.52. The molecule has 0 saturated carbocycles. The first-order valence-corrected chi connectivity index (χ1v) is 10.6. The van der Waals surface area contributed by atoms with Crippen LogP contribution in [0.25, 0.3) is 11.1 Å². The summed E-state index contributed by atoms with van der Waals surface area (Å²) in [7, 11) is -2.48. The maximum absolute atomic E-state index is 12.8. The van der Waals surface area contributed by atoms with E-state index in [9.17, 15) is 18.3 Å². The molecule has 0 aliphatic carbocycles. The summed E-state index contributed by atoms with van der Waals surface area (Å²) in [5, 5.41) is 13.0. The molecule has 0 saturated heterocycles. The van der Waals surface area contributed by atoms with E-state index in [4.69, 9.17) is 8.83 Å². The van der Waals surface area contributed by atoms with E-state index in [0.29, 0.717) is 21.5 Å². The molecular formula is C18H16N2O6S2. The number of nitrogens with one attached hydrogen (secondary N) is 1. The van der Waals surface area contributed by atoms with E-state index in [1.54, 1.807) is 23.6 Å². The van der Waals surface area contributed by atoms with E-state index in [1.165, 1.54) is 53.7 Å². The largest absolute Gasteiger partial charge is 0.472 e. The summed E-state index contributed by atoms with van der Waals surface area (Å²) < 4.78 is 39.4. The lowest BCUT2D eigenvalue weighted by Crippen LogP contribution is -2.40. The fraction of sp³-hybridized carbons (Fsp3) is 0.167. The summed E-state index contributed by atoms with van der Waals surface area (Å²) in [5.41, 5.74) is -0.498. The molecule has 0 radical (unpaired) electrons. The quantitative estimate of drug-likeness (QED) is 0.493.